The summed E-state index contributed by atoms with van der Waals surface area (Å²) in [5.41, 5.74) is 0.186. The number of piperidine rings is 1. The molecule has 0 aromatic heterocycles. The van der Waals surface area contributed by atoms with Crippen LogP contribution in [0.4, 0.5) is 4.79 Å². The molecular formula is C19H25NO5. The Morgan fingerprint density at radius 3 is 2.40 bits per heavy atom. The van der Waals surface area contributed by atoms with Crippen molar-refractivity contribution in [1.82, 2.24) is 4.90 Å². The van der Waals surface area contributed by atoms with Crippen LogP contribution in [-0.2, 0) is 19.1 Å². The summed E-state index contributed by atoms with van der Waals surface area (Å²) in [6.07, 6.45) is -0.437. The molecule has 6 nitrogen and oxygen atoms in total. The Morgan fingerprint density at radius 2 is 1.84 bits per heavy atom. The van der Waals surface area contributed by atoms with E-state index in [4.69, 9.17) is 9.47 Å². The van der Waals surface area contributed by atoms with Gasteiger partial charge in [-0.05, 0) is 26.3 Å². The fraction of sp³-hybridized carbons (Fsp3) is 0.526. The van der Waals surface area contributed by atoms with E-state index in [-0.39, 0.29) is 31.1 Å². The minimum atomic E-state index is -0.868. The van der Waals surface area contributed by atoms with Crippen LogP contribution in [0, 0.1) is 5.92 Å². The molecule has 2 rings (SSSR count). The monoisotopic (exact) mass is 347 g/mol. The Hall–Kier alpha value is -2.21. The molecule has 6 heteroatoms. The number of methoxy groups -OCH3 is 1. The lowest BCUT2D eigenvalue weighted by Gasteiger charge is -2.39. The Labute approximate surface area is 148 Å². The molecule has 0 radical (unpaired) electrons. The van der Waals surface area contributed by atoms with Gasteiger partial charge < -0.3 is 9.47 Å². The van der Waals surface area contributed by atoms with E-state index in [1.54, 1.807) is 20.8 Å². The number of likely N-dealkylation sites (tertiary alicyclic amines) is 1. The molecule has 1 aliphatic heterocycles. The van der Waals surface area contributed by atoms with E-state index in [0.29, 0.717) is 0 Å². The van der Waals surface area contributed by atoms with Gasteiger partial charge in [0, 0.05) is 20.1 Å². The highest BCUT2D eigenvalue weighted by atomic mass is 16.6. The van der Waals surface area contributed by atoms with Crippen molar-refractivity contribution in [1.29, 1.82) is 0 Å². The van der Waals surface area contributed by atoms with E-state index < -0.39 is 23.7 Å². The number of Topliss-reactive ketones (excluding diaryl/α,β-unsaturated/α-hetero) is 2. The minimum absolute atomic E-state index is 0.00943. The number of amides is 1. The molecule has 2 atom stereocenters. The van der Waals surface area contributed by atoms with E-state index >= 15 is 0 Å². The van der Waals surface area contributed by atoms with Gasteiger partial charge in [0.05, 0.1) is 12.0 Å². The predicted molar refractivity (Wildman–Crippen MR) is 92.1 cm³/mol. The van der Waals surface area contributed by atoms with Gasteiger partial charge in [0.15, 0.2) is 5.78 Å². The molecule has 0 bridgehead atoms. The summed E-state index contributed by atoms with van der Waals surface area (Å²) < 4.78 is 10.3. The van der Waals surface area contributed by atoms with Crippen LogP contribution in [0.25, 0.3) is 0 Å². The number of nitrogens with zero attached hydrogens (tertiary/aromatic N) is 1. The zero-order chi connectivity index (χ0) is 18.6. The Kier molecular flexibility index (Phi) is 5.95. The molecule has 1 fully saturated rings. The molecule has 1 aliphatic rings. The third-order valence-electron chi connectivity index (χ3n) is 4.03. The van der Waals surface area contributed by atoms with Crippen LogP contribution >= 0.6 is 0 Å². The highest BCUT2D eigenvalue weighted by molar-refractivity contribution is 6.04. The van der Waals surface area contributed by atoms with Gasteiger partial charge in [-0.1, -0.05) is 30.3 Å². The summed E-state index contributed by atoms with van der Waals surface area (Å²) in [5, 5.41) is 0. The molecule has 0 aliphatic carbocycles. The van der Waals surface area contributed by atoms with Crippen molar-refractivity contribution < 1.29 is 23.9 Å². The van der Waals surface area contributed by atoms with Gasteiger partial charge in [0.2, 0.25) is 0 Å². The zero-order valence-electron chi connectivity index (χ0n) is 15.2. The quantitative estimate of drug-likeness (QED) is 0.783. The molecule has 1 amide bonds. The van der Waals surface area contributed by atoms with Gasteiger partial charge in [-0.15, -0.1) is 0 Å². The normalized spacial score (nSPS) is 21.1. The van der Waals surface area contributed by atoms with E-state index in [9.17, 15) is 14.4 Å². The largest absolute Gasteiger partial charge is 0.444 e. The number of carbonyl (C=O) groups excluding carboxylic acids is 3. The molecule has 136 valence electrons. The number of benzene rings is 1. The van der Waals surface area contributed by atoms with Crippen LogP contribution < -0.4 is 0 Å². The third-order valence-corrected chi connectivity index (χ3v) is 4.03. The number of ether oxygens (including phenoxy) is 2. The molecule has 1 heterocycles. The zero-order valence-corrected chi connectivity index (χ0v) is 15.2. The Morgan fingerprint density at radius 1 is 1.20 bits per heavy atom. The first kappa shape index (κ1) is 19.1. The highest BCUT2D eigenvalue weighted by Gasteiger charge is 2.42. The second-order valence-corrected chi connectivity index (χ2v) is 7.18. The molecule has 25 heavy (non-hydrogen) atoms. The third kappa shape index (κ3) is 4.89. The van der Waals surface area contributed by atoms with Crippen LogP contribution in [0.3, 0.4) is 0 Å². The molecule has 1 aromatic rings. The van der Waals surface area contributed by atoms with Gasteiger partial charge >= 0.3 is 6.09 Å². The lowest BCUT2D eigenvalue weighted by molar-refractivity contribution is -0.139. The van der Waals surface area contributed by atoms with Gasteiger partial charge in [0.25, 0.3) is 0 Å². The summed E-state index contributed by atoms with van der Waals surface area (Å²) in [6, 6.07) is 8.88. The molecule has 0 saturated carbocycles. The van der Waals surface area contributed by atoms with Gasteiger partial charge in [-0.25, -0.2) is 4.79 Å². The molecule has 1 saturated heterocycles. The van der Waals surface area contributed by atoms with E-state index in [1.807, 2.05) is 30.3 Å². The molecule has 1 unspecified atom stereocenters. The average Bonchev–Trinajstić information content (AvgIpc) is 2.53. The summed E-state index contributed by atoms with van der Waals surface area (Å²) in [6.45, 7) is 5.21. The standard InChI is InChI=1S/C19H25NO5/c1-19(2,3)25-18(23)20-11-14(17(22)12-24-4)16(21)10-15(20)13-8-6-5-7-9-13/h5-9,14-15H,10-12H2,1-4H3/t14?,15-/m0/s1. The smallest absolute Gasteiger partial charge is 0.410 e. The number of hydrogen-bond donors (Lipinski definition) is 0. The Bertz CT molecular complexity index is 635. The predicted octanol–water partition coefficient (Wildman–Crippen LogP) is 2.77. The van der Waals surface area contributed by atoms with E-state index in [1.165, 1.54) is 12.0 Å². The lowest BCUT2D eigenvalue weighted by atomic mass is 9.86. The Balaban J connectivity index is 2.30. The number of ketones is 2. The van der Waals surface area contributed by atoms with Crippen molar-refractivity contribution in [3.05, 3.63) is 35.9 Å². The topological polar surface area (TPSA) is 72.9 Å². The highest BCUT2D eigenvalue weighted by Crippen LogP contribution is 2.33. The first-order valence-electron chi connectivity index (χ1n) is 8.32. The number of hydrogen-bond acceptors (Lipinski definition) is 5. The molecule has 1 aromatic carbocycles. The van der Waals surface area contributed by atoms with Crippen LogP contribution in [0.2, 0.25) is 0 Å². The summed E-state index contributed by atoms with van der Waals surface area (Å²) in [7, 11) is 1.41. The SMILES string of the molecule is COCC(=O)C1CN(C(=O)OC(C)(C)C)[C@H](c2ccccc2)CC1=O. The maximum Gasteiger partial charge on any atom is 0.410 e. The lowest BCUT2D eigenvalue weighted by Crippen LogP contribution is -2.50. The molecular weight excluding hydrogens is 322 g/mol. The maximum absolute atomic E-state index is 12.7. The van der Waals surface area contributed by atoms with E-state index in [2.05, 4.69) is 0 Å². The summed E-state index contributed by atoms with van der Waals surface area (Å²) in [5.74, 6) is -1.35. The number of carbonyl (C=O) groups is 3. The van der Waals surface area contributed by atoms with Crippen molar-refractivity contribution in [3.8, 4) is 0 Å². The van der Waals surface area contributed by atoms with Crippen molar-refractivity contribution in [2.75, 3.05) is 20.3 Å². The fourth-order valence-electron chi connectivity index (χ4n) is 2.89. The van der Waals surface area contributed by atoms with Crippen LogP contribution in [0.5, 0.6) is 0 Å². The van der Waals surface area contributed by atoms with Gasteiger partial charge in [-0.2, -0.15) is 0 Å². The van der Waals surface area contributed by atoms with Crippen molar-refractivity contribution >= 4 is 17.7 Å². The fourth-order valence-corrected chi connectivity index (χ4v) is 2.89. The van der Waals surface area contributed by atoms with Crippen LogP contribution in [0.15, 0.2) is 30.3 Å². The van der Waals surface area contributed by atoms with Crippen LogP contribution in [-0.4, -0.2) is 48.4 Å². The second kappa shape index (κ2) is 7.78. The van der Waals surface area contributed by atoms with Crippen molar-refractivity contribution in [3.63, 3.8) is 0 Å². The number of rotatable bonds is 4. The van der Waals surface area contributed by atoms with E-state index in [0.717, 1.165) is 5.56 Å². The van der Waals surface area contributed by atoms with Gasteiger partial charge in [-0.3, -0.25) is 14.5 Å². The minimum Gasteiger partial charge on any atom is -0.444 e. The summed E-state index contributed by atoms with van der Waals surface area (Å²) >= 11 is 0. The average molecular weight is 347 g/mol. The summed E-state index contributed by atoms with van der Waals surface area (Å²) in [4.78, 5) is 38.8. The van der Waals surface area contributed by atoms with Crippen molar-refractivity contribution in [2.24, 2.45) is 5.92 Å². The first-order chi connectivity index (χ1) is 11.7. The first-order valence-corrected chi connectivity index (χ1v) is 8.32. The van der Waals surface area contributed by atoms with Crippen LogP contribution in [0.1, 0.15) is 38.8 Å². The second-order valence-electron chi connectivity index (χ2n) is 7.18. The van der Waals surface area contributed by atoms with Gasteiger partial charge in [0.1, 0.15) is 18.0 Å². The molecule has 0 N–H and O–H groups in total. The van der Waals surface area contributed by atoms with Crippen molar-refractivity contribution in [2.45, 2.75) is 38.8 Å². The molecule has 0 spiro atoms. The maximum atomic E-state index is 12.7.